The summed E-state index contributed by atoms with van der Waals surface area (Å²) in [5, 5.41) is 23.0. The van der Waals surface area contributed by atoms with E-state index in [0.29, 0.717) is 10.6 Å². The first-order chi connectivity index (χ1) is 11.8. The van der Waals surface area contributed by atoms with Crippen LogP contribution < -0.4 is 5.32 Å². The van der Waals surface area contributed by atoms with Gasteiger partial charge in [0.1, 0.15) is 0 Å². The summed E-state index contributed by atoms with van der Waals surface area (Å²) < 4.78 is 0. The molecule has 9 heteroatoms. The monoisotopic (exact) mass is 382 g/mol. The Morgan fingerprint density at radius 2 is 1.92 bits per heavy atom. The molecule has 7 nitrogen and oxygen atoms in total. The Kier molecular flexibility index (Phi) is 5.95. The van der Waals surface area contributed by atoms with Crippen LogP contribution in [-0.4, -0.2) is 21.9 Å². The highest BCUT2D eigenvalue weighted by Crippen LogP contribution is 2.25. The van der Waals surface area contributed by atoms with Crippen molar-refractivity contribution in [3.8, 4) is 0 Å². The van der Waals surface area contributed by atoms with Crippen LogP contribution in [-0.2, 0) is 4.79 Å². The predicted molar refractivity (Wildman–Crippen MR) is 92.0 cm³/mol. The minimum absolute atomic E-state index is 0.109. The lowest BCUT2D eigenvalue weighted by Gasteiger charge is -2.18. The molecule has 0 saturated heterocycles. The predicted octanol–water partition coefficient (Wildman–Crippen LogP) is 3.85. The Hall–Kier alpha value is -2.64. The zero-order chi connectivity index (χ0) is 18.6. The van der Waals surface area contributed by atoms with Crippen LogP contribution in [0.3, 0.4) is 0 Å². The molecule has 0 aliphatic carbocycles. The third-order valence-corrected chi connectivity index (χ3v) is 3.89. The Labute approximate surface area is 152 Å². The van der Waals surface area contributed by atoms with E-state index < -0.39 is 29.3 Å². The molecule has 0 aliphatic heterocycles. The van der Waals surface area contributed by atoms with Crippen molar-refractivity contribution >= 4 is 40.8 Å². The molecule has 130 valence electrons. The molecule has 0 bridgehead atoms. The van der Waals surface area contributed by atoms with Crippen molar-refractivity contribution in [2.75, 3.05) is 0 Å². The van der Waals surface area contributed by atoms with E-state index in [4.69, 9.17) is 28.3 Å². The molecule has 1 atom stereocenters. The smallest absolute Gasteiger partial charge is 0.305 e. The van der Waals surface area contributed by atoms with Gasteiger partial charge in [-0.1, -0.05) is 35.3 Å². The number of nitrogens with one attached hydrogen (secondary N) is 1. The summed E-state index contributed by atoms with van der Waals surface area (Å²) in [7, 11) is 0. The number of halogens is 2. The van der Waals surface area contributed by atoms with Gasteiger partial charge in [0.2, 0.25) is 0 Å². The molecular formula is C16H12Cl2N2O5. The number of nitro benzene ring substituents is 1. The molecular weight excluding hydrogens is 371 g/mol. The van der Waals surface area contributed by atoms with Crippen LogP contribution in [0.25, 0.3) is 0 Å². The minimum atomic E-state index is -1.17. The van der Waals surface area contributed by atoms with Crippen LogP contribution in [0.2, 0.25) is 10.0 Å². The Balaban J connectivity index is 2.31. The van der Waals surface area contributed by atoms with E-state index in [1.807, 2.05) is 0 Å². The molecule has 2 rings (SSSR count). The summed E-state index contributed by atoms with van der Waals surface area (Å²) in [5.41, 5.74) is 0.216. The van der Waals surface area contributed by atoms with Gasteiger partial charge in [0, 0.05) is 17.2 Å². The number of nitro groups is 1. The number of nitrogens with zero attached hydrogens (tertiary/aromatic N) is 1. The van der Waals surface area contributed by atoms with Crippen molar-refractivity contribution in [3.63, 3.8) is 0 Å². The van der Waals surface area contributed by atoms with Crippen molar-refractivity contribution < 1.29 is 19.6 Å². The maximum absolute atomic E-state index is 12.4. The van der Waals surface area contributed by atoms with Crippen LogP contribution in [0.4, 0.5) is 5.69 Å². The summed E-state index contributed by atoms with van der Waals surface area (Å²) >= 11 is 11.8. The minimum Gasteiger partial charge on any atom is -0.481 e. The Morgan fingerprint density at radius 3 is 2.52 bits per heavy atom. The van der Waals surface area contributed by atoms with Crippen LogP contribution in [0, 0.1) is 10.1 Å². The third kappa shape index (κ3) is 4.91. The molecule has 0 spiro atoms. The molecule has 1 amide bonds. The highest BCUT2D eigenvalue weighted by atomic mass is 35.5. The van der Waals surface area contributed by atoms with E-state index in [1.165, 1.54) is 42.5 Å². The lowest BCUT2D eigenvalue weighted by Crippen LogP contribution is -2.30. The molecule has 25 heavy (non-hydrogen) atoms. The fourth-order valence-electron chi connectivity index (χ4n) is 2.19. The number of carbonyl (C=O) groups excluding carboxylic acids is 1. The largest absolute Gasteiger partial charge is 0.481 e. The van der Waals surface area contributed by atoms with E-state index in [1.54, 1.807) is 0 Å². The van der Waals surface area contributed by atoms with Gasteiger partial charge in [0.25, 0.3) is 11.6 Å². The van der Waals surface area contributed by atoms with E-state index in [9.17, 15) is 19.7 Å². The maximum Gasteiger partial charge on any atom is 0.305 e. The molecule has 0 heterocycles. The van der Waals surface area contributed by atoms with Gasteiger partial charge in [-0.15, -0.1) is 0 Å². The quantitative estimate of drug-likeness (QED) is 0.582. The first kappa shape index (κ1) is 18.7. The molecule has 2 N–H and O–H groups in total. The average Bonchev–Trinajstić information content (AvgIpc) is 2.53. The lowest BCUT2D eigenvalue weighted by molar-refractivity contribution is -0.384. The second kappa shape index (κ2) is 7.96. The topological polar surface area (TPSA) is 110 Å². The SMILES string of the molecule is O=C(O)C[C@@H](NC(=O)c1ccc(Cl)cc1Cl)c1cccc([N+](=O)[O-])c1. The lowest BCUT2D eigenvalue weighted by atomic mass is 10.0. The number of hydrogen-bond acceptors (Lipinski definition) is 4. The Morgan fingerprint density at radius 1 is 1.20 bits per heavy atom. The van der Waals surface area contributed by atoms with Gasteiger partial charge in [-0.25, -0.2) is 0 Å². The number of carboxylic acid groups (broad SMARTS) is 1. The summed E-state index contributed by atoms with van der Waals surface area (Å²) in [6.07, 6.45) is -0.446. The number of rotatable bonds is 6. The van der Waals surface area contributed by atoms with Gasteiger partial charge in [0.05, 0.1) is 28.0 Å². The van der Waals surface area contributed by atoms with Crippen molar-refractivity contribution in [1.29, 1.82) is 0 Å². The molecule has 0 aliphatic rings. The van der Waals surface area contributed by atoms with Crippen molar-refractivity contribution in [2.24, 2.45) is 0 Å². The summed E-state index contributed by atoms with van der Waals surface area (Å²) in [5.74, 6) is -1.78. The van der Waals surface area contributed by atoms with E-state index in [-0.39, 0.29) is 16.3 Å². The highest BCUT2D eigenvalue weighted by Gasteiger charge is 2.22. The Bertz CT molecular complexity index is 841. The van der Waals surface area contributed by atoms with Gasteiger partial charge in [-0.05, 0) is 23.8 Å². The second-order valence-corrected chi connectivity index (χ2v) is 5.94. The highest BCUT2D eigenvalue weighted by molar-refractivity contribution is 6.36. The molecule has 2 aromatic rings. The zero-order valence-corrected chi connectivity index (χ0v) is 14.1. The van der Waals surface area contributed by atoms with Crippen LogP contribution in [0.1, 0.15) is 28.4 Å². The van der Waals surface area contributed by atoms with E-state index in [2.05, 4.69) is 5.32 Å². The number of carbonyl (C=O) groups is 2. The second-order valence-electron chi connectivity index (χ2n) is 5.10. The van der Waals surface area contributed by atoms with Gasteiger partial charge < -0.3 is 10.4 Å². The van der Waals surface area contributed by atoms with Crippen molar-refractivity contribution in [1.82, 2.24) is 5.32 Å². The van der Waals surface area contributed by atoms with Crippen LogP contribution in [0.15, 0.2) is 42.5 Å². The fraction of sp³-hybridized carbons (Fsp3) is 0.125. The van der Waals surface area contributed by atoms with Crippen LogP contribution in [0.5, 0.6) is 0 Å². The summed E-state index contributed by atoms with van der Waals surface area (Å²) in [4.78, 5) is 33.8. The number of benzene rings is 2. The normalized spacial score (nSPS) is 11.6. The summed E-state index contributed by atoms with van der Waals surface area (Å²) in [6.45, 7) is 0. The first-order valence-electron chi connectivity index (χ1n) is 7.00. The molecule has 0 saturated carbocycles. The van der Waals surface area contributed by atoms with Gasteiger partial charge in [-0.3, -0.25) is 19.7 Å². The standard InChI is InChI=1S/C16H12Cl2N2O5/c17-10-4-5-12(13(18)7-10)16(23)19-14(8-15(21)22)9-2-1-3-11(6-9)20(24)25/h1-7,14H,8H2,(H,19,23)(H,21,22)/t14-/m1/s1. The first-order valence-corrected chi connectivity index (χ1v) is 7.75. The number of non-ortho nitro benzene ring substituents is 1. The average molecular weight is 383 g/mol. The molecule has 0 unspecified atom stereocenters. The number of amides is 1. The molecule has 0 radical (unpaired) electrons. The van der Waals surface area contributed by atoms with Crippen molar-refractivity contribution in [2.45, 2.75) is 12.5 Å². The molecule has 0 fully saturated rings. The third-order valence-electron chi connectivity index (χ3n) is 3.34. The fourth-order valence-corrected chi connectivity index (χ4v) is 2.69. The van der Waals surface area contributed by atoms with Gasteiger partial charge in [-0.2, -0.15) is 0 Å². The van der Waals surface area contributed by atoms with E-state index in [0.717, 1.165) is 0 Å². The number of hydrogen-bond donors (Lipinski definition) is 2. The molecule has 2 aromatic carbocycles. The van der Waals surface area contributed by atoms with Gasteiger partial charge in [0.15, 0.2) is 0 Å². The molecule has 0 aromatic heterocycles. The summed E-state index contributed by atoms with van der Waals surface area (Å²) in [6, 6.07) is 8.73. The zero-order valence-electron chi connectivity index (χ0n) is 12.6. The number of aliphatic carboxylic acids is 1. The van der Waals surface area contributed by atoms with Crippen molar-refractivity contribution in [3.05, 3.63) is 73.8 Å². The maximum atomic E-state index is 12.4. The van der Waals surface area contributed by atoms with E-state index >= 15 is 0 Å². The number of carboxylic acids is 1. The van der Waals surface area contributed by atoms with Crippen LogP contribution >= 0.6 is 23.2 Å². The van der Waals surface area contributed by atoms with Gasteiger partial charge >= 0.3 is 5.97 Å².